The smallest absolute Gasteiger partial charge is 0.481 e. The molecule has 346 valence electrons. The van der Waals surface area contributed by atoms with Gasteiger partial charge >= 0.3 is 23.5 Å². The number of carbonyl (C=O) groups excluding carboxylic acids is 3. The molecule has 12 N–H and O–H groups in total. The third-order valence-corrected chi connectivity index (χ3v) is 12.7. The number of phenols is 1. The lowest BCUT2D eigenvalue weighted by atomic mass is 9.87. The number of thioether (sulfide) groups is 1. The second-order valence-electron chi connectivity index (χ2n) is 13.9. The molecule has 8 atom stereocenters. The van der Waals surface area contributed by atoms with E-state index in [1.165, 1.54) is 39.2 Å². The highest BCUT2D eigenvalue weighted by atomic mass is 32.2. The number of ether oxygens (including phenoxy) is 2. The summed E-state index contributed by atoms with van der Waals surface area (Å²) in [5, 5.41) is 46.0. The molecule has 4 rings (SSSR count). The number of fused-ring (bicyclic) bond motifs is 1. The number of nitrogens with zero attached hydrogens (tertiary/aromatic N) is 4. The number of phosphoric acid groups is 3. The van der Waals surface area contributed by atoms with Gasteiger partial charge in [0.05, 0.1) is 32.8 Å². The summed E-state index contributed by atoms with van der Waals surface area (Å²) in [6.45, 7) is 0.183. The molecule has 1 aliphatic heterocycles. The van der Waals surface area contributed by atoms with E-state index in [0.29, 0.717) is 5.56 Å². The number of hydrogen-bond acceptors (Lipinski definition) is 21. The molecule has 27 nitrogen and oxygen atoms in total. The molecular weight excluding hydrogens is 915 g/mol. The fourth-order valence-corrected chi connectivity index (χ4v) is 9.07. The van der Waals surface area contributed by atoms with E-state index in [1.54, 1.807) is 0 Å². The summed E-state index contributed by atoms with van der Waals surface area (Å²) in [5.74, 6) is -1.43. The number of nitrogens with two attached hydrogens (primary N) is 1. The van der Waals surface area contributed by atoms with Crippen LogP contribution in [0.1, 0.15) is 44.6 Å². The van der Waals surface area contributed by atoms with Gasteiger partial charge in [0.1, 0.15) is 36.3 Å². The number of phenolic OH excluding ortho intramolecular Hbond substituents is 1. The second-order valence-corrected chi connectivity index (χ2v) is 19.3. The number of imidazole rings is 1. The number of amides is 2. The first-order valence-electron chi connectivity index (χ1n) is 17.9. The van der Waals surface area contributed by atoms with Gasteiger partial charge in [-0.1, -0.05) is 31.7 Å². The number of aliphatic hydroxyl groups is 3. The largest absolute Gasteiger partial charge is 0.504 e. The van der Waals surface area contributed by atoms with Crippen molar-refractivity contribution >= 4 is 69.1 Å². The summed E-state index contributed by atoms with van der Waals surface area (Å²) >= 11 is 0.866. The van der Waals surface area contributed by atoms with Crippen LogP contribution in [-0.2, 0) is 50.7 Å². The quantitative estimate of drug-likeness (QED) is 0.0421. The lowest BCUT2D eigenvalue weighted by Crippen LogP contribution is -2.46. The van der Waals surface area contributed by atoms with E-state index in [-0.39, 0.29) is 65.3 Å². The maximum absolute atomic E-state index is 12.7. The molecular formula is C31H46N7O20P3S. The molecule has 4 unspecified atom stereocenters. The van der Waals surface area contributed by atoms with Crippen molar-refractivity contribution < 1.29 is 95.4 Å². The molecule has 31 heteroatoms. The average molecular weight is 962 g/mol. The Kier molecular flexibility index (Phi) is 17.6. The zero-order valence-corrected chi connectivity index (χ0v) is 36.4. The van der Waals surface area contributed by atoms with Crippen molar-refractivity contribution in [2.75, 3.05) is 44.9 Å². The molecule has 3 heterocycles. The van der Waals surface area contributed by atoms with Crippen molar-refractivity contribution in [1.29, 1.82) is 0 Å². The van der Waals surface area contributed by atoms with Gasteiger partial charge < -0.3 is 65.8 Å². The zero-order chi connectivity index (χ0) is 46.2. The number of nitrogen functional groups attached to an aromatic ring is 1. The Bertz CT molecular complexity index is 2210. The summed E-state index contributed by atoms with van der Waals surface area (Å²) in [6.07, 6.45) is -8.52. The fraction of sp³-hybridized carbons (Fsp3) is 0.548. The molecule has 2 amide bonds. The Hall–Kier alpha value is -3.66. The lowest BCUT2D eigenvalue weighted by Gasteiger charge is -2.30. The van der Waals surface area contributed by atoms with Crippen LogP contribution in [0, 0.1) is 5.41 Å². The third-order valence-electron chi connectivity index (χ3n) is 8.71. The highest BCUT2D eigenvalue weighted by molar-refractivity contribution is 8.13. The molecule has 0 spiro atoms. The van der Waals surface area contributed by atoms with Gasteiger partial charge in [-0.05, 0) is 17.7 Å². The van der Waals surface area contributed by atoms with Gasteiger partial charge in [-0.2, -0.15) is 4.31 Å². The first kappa shape index (κ1) is 51.0. The number of carbonyl (C=O) groups is 3. The van der Waals surface area contributed by atoms with Gasteiger partial charge in [0.25, 0.3) is 0 Å². The van der Waals surface area contributed by atoms with E-state index in [1.807, 2.05) is 0 Å². The molecule has 1 aromatic carbocycles. The number of aromatic nitrogens is 4. The van der Waals surface area contributed by atoms with E-state index >= 15 is 0 Å². The predicted octanol–water partition coefficient (Wildman–Crippen LogP) is -0.497. The molecule has 0 radical (unpaired) electrons. The van der Waals surface area contributed by atoms with Gasteiger partial charge in [0.15, 0.2) is 34.3 Å². The molecule has 1 fully saturated rings. The molecule has 1 aliphatic rings. The number of rotatable bonds is 23. The van der Waals surface area contributed by atoms with Crippen LogP contribution < -0.4 is 21.1 Å². The van der Waals surface area contributed by atoms with Crippen LogP contribution in [0.25, 0.3) is 11.2 Å². The van der Waals surface area contributed by atoms with Gasteiger partial charge in [-0.25, -0.2) is 28.6 Å². The molecule has 3 aromatic rings. The SMILES string of the molecule is COc1cc(C(O)CC(=O)SCCNC(=O)CCNC(=O)C(O)C(C)(C)COP(=O)(O)OP(=O)(O)OC[C@H]2O[C@@H](n3cnc4c(N)ncnc43)[C@H](O)[C@@H]2OP(=O)(O)O)ccc1O. The minimum atomic E-state index is -5.60. The topological polar surface area (TPSA) is 413 Å². The van der Waals surface area contributed by atoms with Gasteiger partial charge in [0, 0.05) is 37.1 Å². The van der Waals surface area contributed by atoms with Crippen LogP contribution >= 0.6 is 35.2 Å². The van der Waals surface area contributed by atoms with Crippen LogP contribution in [-0.4, -0.2) is 140 Å². The van der Waals surface area contributed by atoms with Crippen molar-refractivity contribution in [2.45, 2.75) is 63.4 Å². The van der Waals surface area contributed by atoms with Crippen LogP contribution in [0.2, 0.25) is 0 Å². The number of phosphoric ester groups is 3. The number of anilines is 1. The molecule has 1 saturated heterocycles. The summed E-state index contributed by atoms with van der Waals surface area (Å²) < 4.78 is 67.2. The van der Waals surface area contributed by atoms with Gasteiger partial charge in [0.2, 0.25) is 11.8 Å². The first-order chi connectivity index (χ1) is 28.8. The highest BCUT2D eigenvalue weighted by Crippen LogP contribution is 2.61. The fourth-order valence-electron chi connectivity index (χ4n) is 5.53. The highest BCUT2D eigenvalue weighted by Gasteiger charge is 2.50. The summed E-state index contributed by atoms with van der Waals surface area (Å²) in [7, 11) is -15.1. The summed E-state index contributed by atoms with van der Waals surface area (Å²) in [4.78, 5) is 88.1. The van der Waals surface area contributed by atoms with Crippen molar-refractivity contribution in [2.24, 2.45) is 5.41 Å². The van der Waals surface area contributed by atoms with Crippen molar-refractivity contribution in [3.05, 3.63) is 36.4 Å². The van der Waals surface area contributed by atoms with Crippen molar-refractivity contribution in [3.8, 4) is 11.5 Å². The Balaban J connectivity index is 1.19. The van der Waals surface area contributed by atoms with Crippen LogP contribution in [0.5, 0.6) is 11.5 Å². The van der Waals surface area contributed by atoms with Crippen LogP contribution in [0.15, 0.2) is 30.9 Å². The number of benzene rings is 1. The molecule has 0 aliphatic carbocycles. The lowest BCUT2D eigenvalue weighted by molar-refractivity contribution is -0.137. The third kappa shape index (κ3) is 14.4. The van der Waals surface area contributed by atoms with Crippen LogP contribution in [0.3, 0.4) is 0 Å². The maximum Gasteiger partial charge on any atom is 0.481 e. The number of methoxy groups -OCH3 is 1. The van der Waals surface area contributed by atoms with E-state index in [4.69, 9.17) is 24.3 Å². The van der Waals surface area contributed by atoms with Gasteiger partial charge in [-0.3, -0.25) is 32.5 Å². The molecule has 62 heavy (non-hydrogen) atoms. The zero-order valence-electron chi connectivity index (χ0n) is 32.9. The Morgan fingerprint density at radius 2 is 1.73 bits per heavy atom. The predicted molar refractivity (Wildman–Crippen MR) is 211 cm³/mol. The number of nitrogens with one attached hydrogen (secondary N) is 2. The number of aliphatic hydroxyl groups excluding tert-OH is 3. The molecule has 0 bridgehead atoms. The number of hydrogen-bond donors (Lipinski definition) is 11. The second kappa shape index (κ2) is 21.3. The minimum Gasteiger partial charge on any atom is -0.504 e. The monoisotopic (exact) mass is 961 g/mol. The summed E-state index contributed by atoms with van der Waals surface area (Å²) in [5.41, 5.74) is 4.56. The Labute approximate surface area is 355 Å². The van der Waals surface area contributed by atoms with Crippen LogP contribution in [0.4, 0.5) is 5.82 Å². The number of aromatic hydroxyl groups is 1. The van der Waals surface area contributed by atoms with E-state index in [9.17, 15) is 68.1 Å². The van der Waals surface area contributed by atoms with Gasteiger partial charge in [-0.15, -0.1) is 0 Å². The standard InChI is InChI=1S/C31H46N7O20P3S/c1-31(2,26(44)29(45)34-7-6-21(41)33-8-9-62-22(42)11-18(40)16-4-5-17(39)19(10-16)53-3)13-55-61(51,52)58-60(49,50)54-12-20-25(57-59(46,47)48)24(43)30(56-20)38-15-37-23-27(32)35-14-36-28(23)38/h4-5,10,14-15,18,20,24-26,30,39-40,43-44H,6-9,11-13H2,1-3H3,(H,33,41)(H,34,45)(H,49,50)(H,51,52)(H2,32,35,36)(H2,46,47,48)/t18?,20-,24-,25-,26?,30-/m1/s1. The Morgan fingerprint density at radius 1 is 1.03 bits per heavy atom. The maximum atomic E-state index is 12.7. The summed E-state index contributed by atoms with van der Waals surface area (Å²) in [6, 6.07) is 4.17. The minimum absolute atomic E-state index is 0.0182. The molecule has 2 aromatic heterocycles. The van der Waals surface area contributed by atoms with Crippen molar-refractivity contribution in [1.82, 2.24) is 30.2 Å². The first-order valence-corrected chi connectivity index (χ1v) is 23.4. The Morgan fingerprint density at radius 3 is 2.40 bits per heavy atom. The van der Waals surface area contributed by atoms with E-state index in [2.05, 4.69) is 34.4 Å². The van der Waals surface area contributed by atoms with E-state index in [0.717, 1.165) is 29.0 Å². The van der Waals surface area contributed by atoms with E-state index < -0.39 is 90.7 Å². The molecule has 0 saturated carbocycles. The van der Waals surface area contributed by atoms with Crippen molar-refractivity contribution in [3.63, 3.8) is 0 Å². The normalized spacial score (nSPS) is 21.1. The average Bonchev–Trinajstić information content (AvgIpc) is 3.74.